The van der Waals surface area contributed by atoms with Gasteiger partial charge < -0.3 is 20.7 Å². The summed E-state index contributed by atoms with van der Waals surface area (Å²) in [5.74, 6) is 0.550. The van der Waals surface area contributed by atoms with Gasteiger partial charge in [-0.25, -0.2) is 9.97 Å². The number of anilines is 2. The number of likely N-dealkylation sites (tertiary alicyclic amines) is 1. The number of nitrogens with one attached hydrogen (secondary N) is 3. The van der Waals surface area contributed by atoms with Crippen LogP contribution in [0, 0.1) is 0 Å². The van der Waals surface area contributed by atoms with Gasteiger partial charge in [0.2, 0.25) is 12.4 Å². The molecule has 8 nitrogen and oxygen atoms in total. The van der Waals surface area contributed by atoms with Crippen LogP contribution in [0.5, 0.6) is 0 Å². The number of ether oxygens (including phenoxy) is 1. The topological polar surface area (TPSA) is 91.4 Å². The molecule has 1 fully saturated rings. The molecule has 1 aliphatic heterocycles. The summed E-state index contributed by atoms with van der Waals surface area (Å²) in [6.07, 6.45) is 5.00. The van der Waals surface area contributed by atoms with Crippen LogP contribution in [0.1, 0.15) is 36.5 Å². The monoisotopic (exact) mass is 488 g/mol. The molecule has 0 bridgehead atoms. The van der Waals surface area contributed by atoms with Crippen LogP contribution in [0.3, 0.4) is 0 Å². The maximum Gasteiger partial charge on any atom is 0.227 e. The number of rotatable bonds is 13. The first kappa shape index (κ1) is 25.8. The van der Waals surface area contributed by atoms with E-state index in [-0.39, 0.29) is 0 Å². The van der Waals surface area contributed by atoms with Crippen molar-refractivity contribution in [2.75, 3.05) is 32.1 Å². The normalized spacial score (nSPS) is 15.7. The van der Waals surface area contributed by atoms with Crippen LogP contribution < -0.4 is 16.0 Å². The van der Waals surface area contributed by atoms with E-state index in [1.807, 2.05) is 30.3 Å². The third-order valence-electron chi connectivity index (χ3n) is 6.46. The van der Waals surface area contributed by atoms with Crippen molar-refractivity contribution >= 4 is 18.0 Å². The quantitative estimate of drug-likeness (QED) is 0.249. The second-order valence-electron chi connectivity index (χ2n) is 9.26. The van der Waals surface area contributed by atoms with Crippen LogP contribution in [0.25, 0.3) is 11.3 Å². The summed E-state index contributed by atoms with van der Waals surface area (Å²) < 4.78 is 5.16. The summed E-state index contributed by atoms with van der Waals surface area (Å²) in [4.78, 5) is 22.4. The minimum absolute atomic E-state index is 0.483. The van der Waals surface area contributed by atoms with Gasteiger partial charge in [-0.1, -0.05) is 24.3 Å². The van der Waals surface area contributed by atoms with Crippen molar-refractivity contribution in [1.82, 2.24) is 25.5 Å². The fourth-order valence-corrected chi connectivity index (χ4v) is 4.61. The lowest BCUT2D eigenvalue weighted by Gasteiger charge is -2.22. The number of benzene rings is 2. The number of nitrogens with zero attached hydrogens (tertiary/aromatic N) is 3. The lowest BCUT2D eigenvalue weighted by Crippen LogP contribution is -2.26. The minimum Gasteiger partial charge on any atom is -0.383 e. The summed E-state index contributed by atoms with van der Waals surface area (Å²) in [6, 6.07) is 17.1. The minimum atomic E-state index is 0.483. The molecule has 2 aromatic carbocycles. The van der Waals surface area contributed by atoms with Crippen LogP contribution in [0.15, 0.2) is 54.7 Å². The highest BCUT2D eigenvalue weighted by Crippen LogP contribution is 2.25. The van der Waals surface area contributed by atoms with Gasteiger partial charge in [0, 0.05) is 56.8 Å². The molecule has 4 rings (SSSR count). The van der Waals surface area contributed by atoms with Crippen LogP contribution >= 0.6 is 0 Å². The van der Waals surface area contributed by atoms with E-state index in [9.17, 15) is 4.79 Å². The highest BCUT2D eigenvalue weighted by atomic mass is 16.5. The van der Waals surface area contributed by atoms with Crippen molar-refractivity contribution in [2.24, 2.45) is 0 Å². The molecule has 1 aromatic heterocycles. The van der Waals surface area contributed by atoms with Crippen molar-refractivity contribution in [3.05, 3.63) is 71.4 Å². The van der Waals surface area contributed by atoms with E-state index in [0.717, 1.165) is 48.7 Å². The maximum atomic E-state index is 10.6. The second kappa shape index (κ2) is 13.1. The third kappa shape index (κ3) is 7.34. The zero-order valence-electron chi connectivity index (χ0n) is 21.2. The number of amides is 1. The highest BCUT2D eigenvalue weighted by Gasteiger charge is 2.20. The number of carbonyl (C=O) groups is 1. The molecule has 1 amide bonds. The van der Waals surface area contributed by atoms with Gasteiger partial charge in [0.25, 0.3) is 0 Å². The first-order valence-corrected chi connectivity index (χ1v) is 12.6. The number of aromatic nitrogens is 2. The van der Waals surface area contributed by atoms with Gasteiger partial charge in [-0.15, -0.1) is 0 Å². The summed E-state index contributed by atoms with van der Waals surface area (Å²) in [5.41, 5.74) is 6.29. The molecule has 3 aromatic rings. The molecule has 1 aliphatic rings. The number of methoxy groups -OCH3 is 1. The van der Waals surface area contributed by atoms with E-state index in [4.69, 9.17) is 9.72 Å². The van der Waals surface area contributed by atoms with Crippen molar-refractivity contribution in [2.45, 2.75) is 45.4 Å². The molecule has 2 heterocycles. The van der Waals surface area contributed by atoms with Gasteiger partial charge in [0.05, 0.1) is 12.3 Å². The average Bonchev–Trinajstić information content (AvgIpc) is 3.29. The Morgan fingerprint density at radius 1 is 1.11 bits per heavy atom. The molecule has 1 saturated heterocycles. The molecule has 0 spiro atoms. The average molecular weight is 489 g/mol. The Morgan fingerprint density at radius 3 is 2.81 bits per heavy atom. The van der Waals surface area contributed by atoms with Gasteiger partial charge in [-0.3, -0.25) is 9.69 Å². The van der Waals surface area contributed by atoms with Crippen LogP contribution in [0.4, 0.5) is 11.6 Å². The van der Waals surface area contributed by atoms with Crippen molar-refractivity contribution in [3.8, 4) is 11.3 Å². The molecule has 1 atom stereocenters. The number of hydrogen-bond donors (Lipinski definition) is 3. The molecule has 3 N–H and O–H groups in total. The Kier molecular flexibility index (Phi) is 9.38. The van der Waals surface area contributed by atoms with Crippen LogP contribution in [-0.2, 0) is 29.2 Å². The fourth-order valence-electron chi connectivity index (χ4n) is 4.61. The molecule has 36 heavy (non-hydrogen) atoms. The maximum absolute atomic E-state index is 10.6. The van der Waals surface area contributed by atoms with Gasteiger partial charge in [0.15, 0.2) is 0 Å². The van der Waals surface area contributed by atoms with E-state index in [1.165, 1.54) is 24.0 Å². The van der Waals surface area contributed by atoms with Gasteiger partial charge >= 0.3 is 0 Å². The molecule has 8 heteroatoms. The van der Waals surface area contributed by atoms with Crippen molar-refractivity contribution in [3.63, 3.8) is 0 Å². The van der Waals surface area contributed by atoms with Crippen LogP contribution in [0.2, 0.25) is 0 Å². The lowest BCUT2D eigenvalue weighted by molar-refractivity contribution is -0.109. The van der Waals surface area contributed by atoms with E-state index >= 15 is 0 Å². The molecule has 0 aliphatic carbocycles. The van der Waals surface area contributed by atoms with E-state index < -0.39 is 0 Å². The molecular weight excluding hydrogens is 452 g/mol. The summed E-state index contributed by atoms with van der Waals surface area (Å²) in [7, 11) is 1.72. The largest absolute Gasteiger partial charge is 0.383 e. The van der Waals surface area contributed by atoms with Crippen LogP contribution in [-0.4, -0.2) is 54.1 Å². The second-order valence-corrected chi connectivity index (χ2v) is 9.26. The zero-order valence-corrected chi connectivity index (χ0v) is 21.2. The fraction of sp³-hybridized carbons (Fsp3) is 0.393. The summed E-state index contributed by atoms with van der Waals surface area (Å²) in [6.45, 7) is 7.13. The predicted octanol–water partition coefficient (Wildman–Crippen LogP) is 3.85. The SMILES string of the molecule is COCCNCc1cc(CN2CCCC2C)cc(Nc2nccc(-c3cccc(CNC=O)c3)n2)c1. The summed E-state index contributed by atoms with van der Waals surface area (Å²) in [5, 5.41) is 9.59. The van der Waals surface area contributed by atoms with E-state index in [2.05, 4.69) is 51.0 Å². The molecule has 190 valence electrons. The first-order valence-electron chi connectivity index (χ1n) is 12.6. The third-order valence-corrected chi connectivity index (χ3v) is 6.46. The smallest absolute Gasteiger partial charge is 0.227 e. The molecule has 0 radical (unpaired) electrons. The first-order chi connectivity index (χ1) is 17.6. The predicted molar refractivity (Wildman–Crippen MR) is 143 cm³/mol. The standard InChI is InChI=1S/C28H36N6O2/c1-21-5-4-11-34(21)19-24-13-23(18-29-10-12-36-2)15-26(16-24)32-28-31-9-8-27(33-28)25-7-3-6-22(14-25)17-30-20-35/h3,6-9,13-16,20-21,29H,4-5,10-12,17-19H2,1-2H3,(H,30,35)(H,31,32,33). The Balaban J connectivity index is 1.53. The Morgan fingerprint density at radius 2 is 2.00 bits per heavy atom. The number of carbonyl (C=O) groups excluding carboxylic acids is 1. The Bertz CT molecular complexity index is 1140. The molecular formula is C28H36N6O2. The number of hydrogen-bond acceptors (Lipinski definition) is 7. The van der Waals surface area contributed by atoms with E-state index in [0.29, 0.717) is 31.6 Å². The molecule has 0 saturated carbocycles. The summed E-state index contributed by atoms with van der Waals surface area (Å²) >= 11 is 0. The Hall–Kier alpha value is -3.33. The van der Waals surface area contributed by atoms with Crippen molar-refractivity contribution in [1.29, 1.82) is 0 Å². The van der Waals surface area contributed by atoms with Gasteiger partial charge in [0.1, 0.15) is 0 Å². The van der Waals surface area contributed by atoms with Gasteiger partial charge in [-0.05, 0) is 67.3 Å². The molecule has 1 unspecified atom stereocenters. The van der Waals surface area contributed by atoms with Gasteiger partial charge in [-0.2, -0.15) is 0 Å². The van der Waals surface area contributed by atoms with E-state index in [1.54, 1.807) is 13.3 Å². The Labute approximate surface area is 213 Å². The lowest BCUT2D eigenvalue weighted by atomic mass is 10.1. The highest BCUT2D eigenvalue weighted by molar-refractivity contribution is 5.63. The van der Waals surface area contributed by atoms with Crippen molar-refractivity contribution < 1.29 is 9.53 Å². The zero-order chi connectivity index (χ0) is 25.2.